The van der Waals surface area contributed by atoms with Crippen molar-refractivity contribution < 1.29 is 45.4 Å². The van der Waals surface area contributed by atoms with Gasteiger partial charge in [0.1, 0.15) is 11.6 Å². The smallest absolute Gasteiger partial charge is 0.433 e. The fourth-order valence-electron chi connectivity index (χ4n) is 2.56. The molecule has 0 fully saturated rings. The van der Waals surface area contributed by atoms with E-state index in [9.17, 15) is 35.9 Å². The van der Waals surface area contributed by atoms with E-state index < -0.39 is 53.1 Å². The Hall–Kier alpha value is -1.72. The van der Waals surface area contributed by atoms with E-state index in [2.05, 4.69) is 14.5 Å². The molecule has 2 atom stereocenters. The van der Waals surface area contributed by atoms with Gasteiger partial charge in [-0.2, -0.15) is 38.1 Å². The lowest BCUT2D eigenvalue weighted by molar-refractivity contribution is -0.149. The van der Waals surface area contributed by atoms with Gasteiger partial charge in [-0.1, -0.05) is 0 Å². The molecule has 0 aliphatic carbocycles. The van der Waals surface area contributed by atoms with Gasteiger partial charge in [-0.15, -0.1) is 0 Å². The van der Waals surface area contributed by atoms with Crippen LogP contribution in [0.4, 0.5) is 26.3 Å². The Morgan fingerprint density at radius 2 is 1.59 bits per heavy atom. The highest BCUT2D eigenvalue weighted by Crippen LogP contribution is 2.44. The van der Waals surface area contributed by atoms with Crippen LogP contribution in [0.1, 0.15) is 13.8 Å². The number of alkyl halides is 6. The number of hydrogen-bond donors (Lipinski definition) is 0. The lowest BCUT2D eigenvalue weighted by Crippen LogP contribution is -2.47. The SMILES string of the molecule is CCOC(=O)C1=C(C(F)(F)F)N=C(C(F)(F)F)C(C(=O)OCC)C1CSC. The van der Waals surface area contributed by atoms with Crippen molar-refractivity contribution in [1.82, 2.24) is 0 Å². The van der Waals surface area contributed by atoms with Crippen LogP contribution in [0.25, 0.3) is 0 Å². The Morgan fingerprint density at radius 3 is 2.00 bits per heavy atom. The predicted octanol–water partition coefficient (Wildman–Crippen LogP) is 3.54. The van der Waals surface area contributed by atoms with Crippen molar-refractivity contribution in [2.45, 2.75) is 26.2 Å². The Labute approximate surface area is 155 Å². The molecule has 27 heavy (non-hydrogen) atoms. The van der Waals surface area contributed by atoms with Crippen LogP contribution in [-0.2, 0) is 19.1 Å². The largest absolute Gasteiger partial charge is 0.465 e. The number of halogens is 6. The molecule has 2 unspecified atom stereocenters. The third-order valence-electron chi connectivity index (χ3n) is 3.50. The summed E-state index contributed by atoms with van der Waals surface area (Å²) in [5.74, 6) is -7.22. The van der Waals surface area contributed by atoms with Gasteiger partial charge >= 0.3 is 24.3 Å². The van der Waals surface area contributed by atoms with Crippen LogP contribution in [0.15, 0.2) is 16.3 Å². The number of esters is 2. The minimum atomic E-state index is -5.35. The minimum absolute atomic E-state index is 0.295. The van der Waals surface area contributed by atoms with Crippen LogP contribution in [0.2, 0.25) is 0 Å². The molecule has 5 nitrogen and oxygen atoms in total. The second kappa shape index (κ2) is 8.98. The standard InChI is InChI=1S/C15H17F6NO4S/c1-4-25-12(23)8-7(6-27-3)9(13(24)26-5-2)11(15(19,20)21)22-10(8)14(16,17)18/h7-8H,4-6H2,1-3H3. The van der Waals surface area contributed by atoms with Gasteiger partial charge in [-0.3, -0.25) is 4.79 Å². The fourth-order valence-corrected chi connectivity index (χ4v) is 3.28. The van der Waals surface area contributed by atoms with Crippen molar-refractivity contribution in [3.05, 3.63) is 11.3 Å². The minimum Gasteiger partial charge on any atom is -0.465 e. The van der Waals surface area contributed by atoms with Crippen LogP contribution in [0.5, 0.6) is 0 Å². The maximum Gasteiger partial charge on any atom is 0.433 e. The van der Waals surface area contributed by atoms with Crippen molar-refractivity contribution in [3.8, 4) is 0 Å². The second-order valence-electron chi connectivity index (χ2n) is 5.27. The Kier molecular flexibility index (Phi) is 7.76. The summed E-state index contributed by atoms with van der Waals surface area (Å²) in [5.41, 5.74) is -5.06. The highest BCUT2D eigenvalue weighted by atomic mass is 32.2. The highest BCUT2D eigenvalue weighted by Gasteiger charge is 2.56. The Bertz CT molecular complexity index is 641. The average molecular weight is 421 g/mol. The topological polar surface area (TPSA) is 65.0 Å². The van der Waals surface area contributed by atoms with Crippen molar-refractivity contribution in [1.29, 1.82) is 0 Å². The maximum atomic E-state index is 13.4. The summed E-state index contributed by atoms with van der Waals surface area (Å²) < 4.78 is 89.5. The quantitative estimate of drug-likeness (QED) is 0.485. The van der Waals surface area contributed by atoms with Gasteiger partial charge in [0.2, 0.25) is 0 Å². The molecule has 154 valence electrons. The number of hydrogen-bond acceptors (Lipinski definition) is 6. The molecule has 0 amide bonds. The summed E-state index contributed by atoms with van der Waals surface area (Å²) in [7, 11) is 0. The molecule has 1 rings (SSSR count). The molecule has 0 aromatic carbocycles. The van der Waals surface area contributed by atoms with Gasteiger partial charge in [0.15, 0.2) is 5.70 Å². The lowest BCUT2D eigenvalue weighted by Gasteiger charge is -2.33. The number of ether oxygens (including phenoxy) is 2. The van der Waals surface area contributed by atoms with E-state index in [-0.39, 0.29) is 19.0 Å². The lowest BCUT2D eigenvalue weighted by atomic mass is 9.80. The zero-order valence-corrected chi connectivity index (χ0v) is 15.3. The van der Waals surface area contributed by atoms with Crippen molar-refractivity contribution in [2.24, 2.45) is 16.8 Å². The molecule has 0 N–H and O–H groups in total. The van der Waals surface area contributed by atoms with Gasteiger partial charge < -0.3 is 9.47 Å². The monoisotopic (exact) mass is 421 g/mol. The average Bonchev–Trinajstić information content (AvgIpc) is 2.52. The molecular weight excluding hydrogens is 404 g/mol. The zero-order chi connectivity index (χ0) is 21.0. The molecule has 0 aromatic rings. The summed E-state index contributed by atoms with van der Waals surface area (Å²) in [4.78, 5) is 26.9. The molecule has 0 radical (unpaired) electrons. The zero-order valence-electron chi connectivity index (χ0n) is 14.5. The molecule has 12 heteroatoms. The Balaban J connectivity index is 3.79. The Morgan fingerprint density at radius 1 is 1.04 bits per heavy atom. The van der Waals surface area contributed by atoms with Crippen molar-refractivity contribution in [2.75, 3.05) is 25.2 Å². The molecule has 0 spiro atoms. The van der Waals surface area contributed by atoms with Crippen LogP contribution in [0.3, 0.4) is 0 Å². The third-order valence-corrected chi connectivity index (χ3v) is 4.19. The number of thioether (sulfide) groups is 1. The second-order valence-corrected chi connectivity index (χ2v) is 6.18. The van der Waals surface area contributed by atoms with Crippen LogP contribution < -0.4 is 0 Å². The van der Waals surface area contributed by atoms with Crippen LogP contribution >= 0.6 is 11.8 Å². The van der Waals surface area contributed by atoms with E-state index in [1.165, 1.54) is 20.1 Å². The number of carbonyl (C=O) groups excluding carboxylic acids is 2. The van der Waals surface area contributed by atoms with Gasteiger partial charge in [-0.05, 0) is 20.1 Å². The molecule has 0 aromatic heterocycles. The van der Waals surface area contributed by atoms with Gasteiger partial charge in [0, 0.05) is 11.7 Å². The first-order valence-corrected chi connectivity index (χ1v) is 9.09. The fraction of sp³-hybridized carbons (Fsp3) is 0.667. The van der Waals surface area contributed by atoms with Crippen LogP contribution in [0, 0.1) is 11.8 Å². The molecular formula is C15H17F6NO4S. The molecule has 1 aliphatic rings. The summed E-state index contributed by atoms with van der Waals surface area (Å²) in [6, 6.07) is 0. The predicted molar refractivity (Wildman–Crippen MR) is 85.2 cm³/mol. The van der Waals surface area contributed by atoms with Crippen molar-refractivity contribution in [3.63, 3.8) is 0 Å². The first-order chi connectivity index (χ1) is 12.4. The van der Waals surface area contributed by atoms with Crippen LogP contribution in [-0.4, -0.2) is 55.2 Å². The van der Waals surface area contributed by atoms with E-state index in [0.717, 1.165) is 11.8 Å². The first-order valence-electron chi connectivity index (χ1n) is 7.69. The highest BCUT2D eigenvalue weighted by molar-refractivity contribution is 7.98. The molecule has 0 saturated heterocycles. The van der Waals surface area contributed by atoms with Crippen molar-refractivity contribution >= 4 is 29.4 Å². The summed E-state index contributed by atoms with van der Waals surface area (Å²) in [5, 5.41) is 0. The van der Waals surface area contributed by atoms with E-state index in [0.29, 0.717) is 0 Å². The summed E-state index contributed by atoms with van der Waals surface area (Å²) >= 11 is 0.873. The number of allylic oxidation sites excluding steroid dienone is 1. The third kappa shape index (κ3) is 5.39. The van der Waals surface area contributed by atoms with Gasteiger partial charge in [0.25, 0.3) is 0 Å². The van der Waals surface area contributed by atoms with Gasteiger partial charge in [-0.25, -0.2) is 9.79 Å². The molecule has 1 heterocycles. The van der Waals surface area contributed by atoms with Gasteiger partial charge in [0.05, 0.1) is 18.8 Å². The number of aliphatic imine (C=N–C) groups is 1. The normalized spacial score (nSPS) is 21.0. The van der Waals surface area contributed by atoms with E-state index in [1.54, 1.807) is 0 Å². The molecule has 1 aliphatic heterocycles. The number of rotatable bonds is 6. The number of nitrogens with zero attached hydrogens (tertiary/aromatic N) is 1. The summed E-state index contributed by atoms with van der Waals surface area (Å²) in [6.45, 7) is 2.06. The van der Waals surface area contributed by atoms with E-state index in [1.807, 2.05) is 0 Å². The maximum absolute atomic E-state index is 13.4. The van der Waals surface area contributed by atoms with E-state index >= 15 is 0 Å². The molecule has 0 bridgehead atoms. The van der Waals surface area contributed by atoms with E-state index in [4.69, 9.17) is 0 Å². The first kappa shape index (κ1) is 23.3. The molecule has 0 saturated carbocycles. The number of carbonyl (C=O) groups is 2. The summed E-state index contributed by atoms with van der Waals surface area (Å²) in [6.07, 6.45) is -9.27.